The molecule has 0 aromatic heterocycles. The topological polar surface area (TPSA) is 228 Å². The van der Waals surface area contributed by atoms with Gasteiger partial charge >= 0.3 is 11.9 Å². The van der Waals surface area contributed by atoms with Crippen LogP contribution in [0.2, 0.25) is 0 Å². The van der Waals surface area contributed by atoms with Crippen molar-refractivity contribution in [1.29, 1.82) is 0 Å². The summed E-state index contributed by atoms with van der Waals surface area (Å²) in [5.74, 6) is -0.928. The molecule has 0 heterocycles. The monoisotopic (exact) mass is 834 g/mol. The second kappa shape index (κ2) is 44.5. The number of benzene rings is 1. The van der Waals surface area contributed by atoms with Crippen molar-refractivity contribution < 1.29 is 109 Å². The molecule has 0 spiro atoms. The van der Waals surface area contributed by atoms with Gasteiger partial charge in [-0.05, 0) is 25.3 Å². The van der Waals surface area contributed by atoms with Gasteiger partial charge in [-0.2, -0.15) is 0 Å². The number of carbonyl (C=O) groups is 2. The Balaban J connectivity index is 1.65. The number of ether oxygens (including phenoxy) is 21. The quantitative estimate of drug-likeness (QED) is 0.0520. The van der Waals surface area contributed by atoms with Crippen LogP contribution in [0, 0.1) is 0 Å². The van der Waals surface area contributed by atoms with Gasteiger partial charge in [0, 0.05) is 13.0 Å². The number of hydrogen-bond donors (Lipinski definition) is 0. The molecule has 0 aliphatic heterocycles. The molecule has 0 fully saturated rings. The van der Waals surface area contributed by atoms with Crippen molar-refractivity contribution in [2.24, 2.45) is 0 Å². The first-order valence-corrected chi connectivity index (χ1v) is 17.5. The highest BCUT2D eigenvalue weighted by molar-refractivity contribution is 5.71. The Morgan fingerprint density at radius 1 is 0.368 bits per heavy atom. The molecule has 1 aromatic rings. The van der Waals surface area contributed by atoms with Crippen LogP contribution < -0.4 is 0 Å². The molecular weight excluding hydrogens is 776 g/mol. The van der Waals surface area contributed by atoms with Crippen LogP contribution in [0.15, 0.2) is 30.3 Å². The maximum absolute atomic E-state index is 11.8. The zero-order chi connectivity index (χ0) is 40.8. The molecule has 0 unspecified atom stereocenters. The smallest absolute Gasteiger partial charge is 0.311 e. The van der Waals surface area contributed by atoms with Crippen LogP contribution in [0.5, 0.6) is 0 Å². The molecular formula is C34H58O23. The second-order valence-electron chi connectivity index (χ2n) is 10.2. The molecule has 0 atom stereocenters. The summed E-state index contributed by atoms with van der Waals surface area (Å²) in [6.45, 7) is 1.01. The Morgan fingerprint density at radius 3 is 1.00 bits per heavy atom. The summed E-state index contributed by atoms with van der Waals surface area (Å²) in [5, 5.41) is 0. The minimum Gasteiger partial charge on any atom is -0.465 e. The van der Waals surface area contributed by atoms with Crippen LogP contribution in [0.4, 0.5) is 0 Å². The first kappa shape index (κ1) is 52.4. The van der Waals surface area contributed by atoms with E-state index in [1.54, 1.807) is 0 Å². The normalized spacial score (nSPS) is 11.3. The van der Waals surface area contributed by atoms with E-state index in [4.69, 9.17) is 99.5 Å². The van der Waals surface area contributed by atoms with E-state index in [9.17, 15) is 9.59 Å². The molecule has 0 radical (unpaired) electrons. The van der Waals surface area contributed by atoms with Crippen LogP contribution in [0.3, 0.4) is 0 Å². The molecule has 23 heteroatoms. The lowest BCUT2D eigenvalue weighted by molar-refractivity contribution is -0.241. The lowest BCUT2D eigenvalue weighted by Gasteiger charge is -2.10. The van der Waals surface area contributed by atoms with Gasteiger partial charge in [0.25, 0.3) is 0 Å². The summed E-state index contributed by atoms with van der Waals surface area (Å²) in [7, 11) is 0. The van der Waals surface area contributed by atoms with Gasteiger partial charge in [0.1, 0.15) is 13.4 Å². The number of esters is 2. The Bertz CT molecular complexity index is 980. The zero-order valence-electron chi connectivity index (χ0n) is 32.5. The maximum atomic E-state index is 11.8. The van der Waals surface area contributed by atoms with E-state index >= 15 is 0 Å². The molecule has 1 aromatic carbocycles. The number of hydrogen-bond acceptors (Lipinski definition) is 23. The van der Waals surface area contributed by atoms with E-state index in [0.29, 0.717) is 13.0 Å². The fourth-order valence-electron chi connectivity index (χ4n) is 3.34. The molecule has 0 N–H and O–H groups in total. The van der Waals surface area contributed by atoms with Crippen LogP contribution in [-0.2, 0) is 115 Å². The van der Waals surface area contributed by atoms with Crippen molar-refractivity contribution >= 4 is 11.9 Å². The van der Waals surface area contributed by atoms with Crippen molar-refractivity contribution in [3.05, 3.63) is 35.9 Å². The SMILES string of the molecule is CCOCOCOCOCOCOCOCOCOCOCOCOCOCOCOCOCOCOCOCOC(=O)CCOC(=O)CCCc1ccccc1. The Morgan fingerprint density at radius 2 is 0.667 bits per heavy atom. The van der Waals surface area contributed by atoms with Crippen LogP contribution >= 0.6 is 0 Å². The first-order chi connectivity index (χ1) is 28.2. The van der Waals surface area contributed by atoms with Crippen molar-refractivity contribution in [2.75, 3.05) is 142 Å². The Hall–Kier alpha value is -2.60. The molecule has 1 rings (SSSR count). The molecule has 0 aliphatic rings. The van der Waals surface area contributed by atoms with Crippen molar-refractivity contribution in [3.63, 3.8) is 0 Å². The summed E-state index contributed by atoms with van der Waals surface area (Å²) in [6, 6.07) is 9.84. The summed E-state index contributed by atoms with van der Waals surface area (Å²) < 4.78 is 106. The minimum absolute atomic E-state index is 0.00708. The Kier molecular flexibility index (Phi) is 40.9. The molecule has 0 saturated carbocycles. The number of carbonyl (C=O) groups excluding carboxylic acids is 2. The summed E-state index contributed by atoms with van der Waals surface area (Å²) >= 11 is 0. The summed E-state index contributed by atoms with van der Waals surface area (Å²) in [5.41, 5.74) is 1.15. The van der Waals surface area contributed by atoms with E-state index in [1.165, 1.54) is 0 Å². The predicted molar refractivity (Wildman–Crippen MR) is 185 cm³/mol. The van der Waals surface area contributed by atoms with Gasteiger partial charge in [-0.25, -0.2) is 0 Å². The van der Waals surface area contributed by atoms with Gasteiger partial charge in [-0.15, -0.1) is 0 Å². The highest BCUT2D eigenvalue weighted by atomic mass is 16.9. The highest BCUT2D eigenvalue weighted by Gasteiger charge is 2.07. The van der Waals surface area contributed by atoms with Crippen LogP contribution in [0.25, 0.3) is 0 Å². The van der Waals surface area contributed by atoms with Gasteiger partial charge in [0.05, 0.1) is 6.42 Å². The lowest BCUT2D eigenvalue weighted by Crippen LogP contribution is -2.15. The predicted octanol–water partition coefficient (Wildman–Crippen LogP) is 2.01. The van der Waals surface area contributed by atoms with Gasteiger partial charge in [0.15, 0.2) is 122 Å². The van der Waals surface area contributed by atoms with Crippen molar-refractivity contribution in [3.8, 4) is 0 Å². The van der Waals surface area contributed by atoms with E-state index in [1.807, 2.05) is 37.3 Å². The third kappa shape index (κ3) is 41.4. The number of rotatable bonds is 46. The van der Waals surface area contributed by atoms with Gasteiger partial charge in [-0.3, -0.25) is 9.59 Å². The average molecular weight is 835 g/mol. The van der Waals surface area contributed by atoms with Gasteiger partial charge in [-0.1, -0.05) is 30.3 Å². The van der Waals surface area contributed by atoms with E-state index in [-0.39, 0.29) is 154 Å². The third-order valence-electron chi connectivity index (χ3n) is 5.77. The molecule has 57 heavy (non-hydrogen) atoms. The van der Waals surface area contributed by atoms with E-state index < -0.39 is 5.97 Å². The molecule has 23 nitrogen and oxygen atoms in total. The van der Waals surface area contributed by atoms with Crippen LogP contribution in [-0.4, -0.2) is 154 Å². The fraction of sp³-hybridized carbons (Fsp3) is 0.765. The van der Waals surface area contributed by atoms with Crippen LogP contribution in [0.1, 0.15) is 31.7 Å². The highest BCUT2D eigenvalue weighted by Crippen LogP contribution is 2.05. The molecule has 0 aliphatic carbocycles. The van der Waals surface area contributed by atoms with Gasteiger partial charge in [0.2, 0.25) is 0 Å². The fourth-order valence-corrected chi connectivity index (χ4v) is 3.34. The summed E-state index contributed by atoms with van der Waals surface area (Å²) in [6.07, 6.45) is 1.65. The lowest BCUT2D eigenvalue weighted by atomic mass is 10.1. The summed E-state index contributed by atoms with van der Waals surface area (Å²) in [4.78, 5) is 23.4. The first-order valence-electron chi connectivity index (χ1n) is 17.5. The molecule has 0 amide bonds. The molecule has 332 valence electrons. The second-order valence-corrected chi connectivity index (χ2v) is 10.2. The minimum atomic E-state index is -0.568. The standard InChI is InChI=1S/C34H58O23/c1-2-37-13-38-14-39-15-40-16-41-17-42-18-43-19-44-20-45-21-46-22-47-23-48-24-49-25-50-26-51-27-52-28-53-29-54-30-55-31-57-34(36)11-12-56-33(35)10-6-9-32-7-4-3-5-8-32/h3-5,7-8H,2,6,9-31H2,1H3. The molecule has 0 saturated heterocycles. The van der Waals surface area contributed by atoms with Crippen molar-refractivity contribution in [2.45, 2.75) is 32.6 Å². The van der Waals surface area contributed by atoms with E-state index in [0.717, 1.165) is 12.0 Å². The largest absolute Gasteiger partial charge is 0.465 e. The van der Waals surface area contributed by atoms with E-state index in [2.05, 4.69) is 0 Å². The Labute approximate surface area is 331 Å². The zero-order valence-corrected chi connectivity index (χ0v) is 32.5. The maximum Gasteiger partial charge on any atom is 0.311 e. The van der Waals surface area contributed by atoms with Gasteiger partial charge < -0.3 is 99.5 Å². The average Bonchev–Trinajstić information content (AvgIpc) is 3.22. The number of aryl methyl sites for hydroxylation is 1. The third-order valence-corrected chi connectivity index (χ3v) is 5.77. The van der Waals surface area contributed by atoms with Crippen molar-refractivity contribution in [1.82, 2.24) is 0 Å². The molecule has 0 bridgehead atoms.